The van der Waals surface area contributed by atoms with Crippen LogP contribution in [0.4, 0.5) is 5.13 Å². The van der Waals surface area contributed by atoms with Crippen LogP contribution >= 0.6 is 11.3 Å². The summed E-state index contributed by atoms with van der Waals surface area (Å²) < 4.78 is 5.12. The van der Waals surface area contributed by atoms with Crippen molar-refractivity contribution in [1.29, 1.82) is 0 Å². The number of carbonyl (C=O) groups excluding carboxylic acids is 1. The average Bonchev–Trinajstić information content (AvgIpc) is 2.97. The summed E-state index contributed by atoms with van der Waals surface area (Å²) in [7, 11) is 0. The molecule has 96 valence electrons. The smallest absolute Gasteiger partial charge is 0.287 e. The molecule has 0 unspecified atom stereocenters. The first-order valence-corrected chi connectivity index (χ1v) is 6.01. The molecule has 0 saturated carbocycles. The zero-order valence-corrected chi connectivity index (χ0v) is 10.4. The van der Waals surface area contributed by atoms with E-state index in [1.54, 1.807) is 13.0 Å². The summed E-state index contributed by atoms with van der Waals surface area (Å²) in [4.78, 5) is 11.8. The molecule has 2 aromatic rings. The van der Waals surface area contributed by atoms with Gasteiger partial charge in [-0.05, 0) is 19.1 Å². The second kappa shape index (κ2) is 5.15. The molecule has 1 atom stereocenters. The molecule has 2 aromatic heterocycles. The van der Waals surface area contributed by atoms with Crippen LogP contribution in [0, 0.1) is 0 Å². The van der Waals surface area contributed by atoms with Crippen molar-refractivity contribution in [2.75, 3.05) is 5.73 Å². The molecule has 1 amide bonds. The highest BCUT2D eigenvalue weighted by molar-refractivity contribution is 7.15. The molecule has 0 aliphatic heterocycles. The predicted molar refractivity (Wildman–Crippen MR) is 64.8 cm³/mol. The Labute approximate surface area is 107 Å². The van der Waals surface area contributed by atoms with Crippen molar-refractivity contribution in [3.63, 3.8) is 0 Å². The number of carbonyl (C=O) groups is 1. The van der Waals surface area contributed by atoms with Gasteiger partial charge in [0.1, 0.15) is 17.4 Å². The molecule has 2 rings (SSSR count). The summed E-state index contributed by atoms with van der Waals surface area (Å²) in [6, 6.07) is 2.74. The monoisotopic (exact) mass is 268 g/mol. The van der Waals surface area contributed by atoms with Crippen molar-refractivity contribution in [2.24, 2.45) is 0 Å². The second-order valence-electron chi connectivity index (χ2n) is 3.60. The lowest BCUT2D eigenvalue weighted by molar-refractivity contribution is 0.0907. The molecule has 0 saturated heterocycles. The zero-order chi connectivity index (χ0) is 13.1. The summed E-state index contributed by atoms with van der Waals surface area (Å²) in [6.45, 7) is 1.53. The Morgan fingerprint density at radius 2 is 2.39 bits per heavy atom. The van der Waals surface area contributed by atoms with E-state index >= 15 is 0 Å². The maximum Gasteiger partial charge on any atom is 0.287 e. The van der Waals surface area contributed by atoms with Crippen LogP contribution in [0.2, 0.25) is 0 Å². The molecule has 0 aromatic carbocycles. The minimum Gasteiger partial charge on any atom is -0.453 e. The van der Waals surface area contributed by atoms with Gasteiger partial charge in [0.25, 0.3) is 5.91 Å². The van der Waals surface area contributed by atoms with Gasteiger partial charge in [-0.2, -0.15) is 0 Å². The van der Waals surface area contributed by atoms with E-state index in [4.69, 9.17) is 15.3 Å². The fourth-order valence-electron chi connectivity index (χ4n) is 1.34. The predicted octanol–water partition coefficient (Wildman–Crippen LogP) is 0.697. The Bertz CT molecular complexity index is 551. The minimum atomic E-state index is -0.379. The Balaban J connectivity index is 2.02. The molecule has 0 aliphatic rings. The number of nitrogen functional groups attached to an aromatic ring is 1. The lowest BCUT2D eigenvalue weighted by atomic mass is 10.3. The van der Waals surface area contributed by atoms with Crippen molar-refractivity contribution < 1.29 is 14.3 Å². The standard InChI is InChI=1S/C10H12N4O3S/c1-5(9-13-14-10(11)18-9)12-8(16)7-3-2-6(4-15)17-7/h2-3,5,15H,4H2,1H3,(H2,11,14)(H,12,16)/t5-/m0/s1. The average molecular weight is 268 g/mol. The summed E-state index contributed by atoms with van der Waals surface area (Å²) >= 11 is 1.21. The van der Waals surface area contributed by atoms with Crippen molar-refractivity contribution in [3.05, 3.63) is 28.7 Å². The van der Waals surface area contributed by atoms with Crippen LogP contribution in [0.5, 0.6) is 0 Å². The number of rotatable bonds is 4. The van der Waals surface area contributed by atoms with Crippen molar-refractivity contribution >= 4 is 22.4 Å². The van der Waals surface area contributed by atoms with Gasteiger partial charge in [0.05, 0.1) is 6.04 Å². The van der Waals surface area contributed by atoms with Crippen molar-refractivity contribution in [2.45, 2.75) is 19.6 Å². The minimum absolute atomic E-state index is 0.142. The molecular formula is C10H12N4O3S. The normalized spacial score (nSPS) is 12.3. The molecule has 0 aliphatic carbocycles. The third kappa shape index (κ3) is 2.66. The Kier molecular flexibility index (Phi) is 3.58. The largest absolute Gasteiger partial charge is 0.453 e. The lowest BCUT2D eigenvalue weighted by Gasteiger charge is -2.08. The molecule has 8 heteroatoms. The first kappa shape index (κ1) is 12.5. The number of hydrogen-bond donors (Lipinski definition) is 3. The van der Waals surface area contributed by atoms with Crippen molar-refractivity contribution in [3.8, 4) is 0 Å². The molecule has 18 heavy (non-hydrogen) atoms. The number of nitrogens with two attached hydrogens (primary N) is 1. The molecule has 7 nitrogen and oxygen atoms in total. The SMILES string of the molecule is C[C@H](NC(=O)c1ccc(CO)o1)c1nnc(N)s1. The highest BCUT2D eigenvalue weighted by atomic mass is 32.1. The molecule has 0 radical (unpaired) electrons. The van der Waals surface area contributed by atoms with E-state index < -0.39 is 0 Å². The number of amides is 1. The summed E-state index contributed by atoms with van der Waals surface area (Å²) in [6.07, 6.45) is 0. The Morgan fingerprint density at radius 3 is 2.94 bits per heavy atom. The van der Waals surface area contributed by atoms with Gasteiger partial charge in [0, 0.05) is 0 Å². The highest BCUT2D eigenvalue weighted by Gasteiger charge is 2.17. The fourth-order valence-corrected chi connectivity index (χ4v) is 1.95. The van der Waals surface area contributed by atoms with Gasteiger partial charge >= 0.3 is 0 Å². The number of anilines is 1. The first-order valence-electron chi connectivity index (χ1n) is 5.19. The Morgan fingerprint density at radius 1 is 1.61 bits per heavy atom. The van der Waals surface area contributed by atoms with Crippen LogP contribution in [0.25, 0.3) is 0 Å². The number of nitrogens with zero attached hydrogens (tertiary/aromatic N) is 2. The number of aliphatic hydroxyl groups is 1. The van der Waals surface area contributed by atoms with E-state index in [-0.39, 0.29) is 24.3 Å². The van der Waals surface area contributed by atoms with E-state index in [9.17, 15) is 4.79 Å². The van der Waals surface area contributed by atoms with Gasteiger partial charge in [-0.15, -0.1) is 10.2 Å². The van der Waals surface area contributed by atoms with E-state index in [0.717, 1.165) is 0 Å². The van der Waals surface area contributed by atoms with Gasteiger partial charge < -0.3 is 20.6 Å². The van der Waals surface area contributed by atoms with Crippen LogP contribution in [-0.2, 0) is 6.61 Å². The topological polar surface area (TPSA) is 114 Å². The van der Waals surface area contributed by atoms with E-state index in [1.807, 2.05) is 0 Å². The summed E-state index contributed by atoms with van der Waals surface area (Å²) in [5, 5.41) is 20.0. The van der Waals surface area contributed by atoms with Crippen LogP contribution in [0.3, 0.4) is 0 Å². The zero-order valence-electron chi connectivity index (χ0n) is 9.58. The molecule has 2 heterocycles. The van der Waals surface area contributed by atoms with E-state index in [1.165, 1.54) is 17.4 Å². The first-order chi connectivity index (χ1) is 8.60. The van der Waals surface area contributed by atoms with Gasteiger partial charge in [0.2, 0.25) is 5.13 Å². The molecule has 0 bridgehead atoms. The van der Waals surface area contributed by atoms with Gasteiger partial charge in [-0.3, -0.25) is 4.79 Å². The maximum absolute atomic E-state index is 11.8. The van der Waals surface area contributed by atoms with Crippen LogP contribution in [0.1, 0.15) is 34.3 Å². The third-order valence-corrected chi connectivity index (χ3v) is 3.15. The number of furan rings is 1. The number of aliphatic hydroxyl groups excluding tert-OH is 1. The van der Waals surface area contributed by atoms with Crippen LogP contribution < -0.4 is 11.1 Å². The fraction of sp³-hybridized carbons (Fsp3) is 0.300. The third-order valence-electron chi connectivity index (χ3n) is 2.22. The summed E-state index contributed by atoms with van der Waals surface area (Å²) in [5.41, 5.74) is 5.47. The molecule has 0 spiro atoms. The number of aromatic nitrogens is 2. The summed E-state index contributed by atoms with van der Waals surface area (Å²) in [5.74, 6) is 0.104. The van der Waals surface area contributed by atoms with Crippen LogP contribution in [-0.4, -0.2) is 21.2 Å². The van der Waals surface area contributed by atoms with Gasteiger partial charge in [0.15, 0.2) is 5.76 Å². The van der Waals surface area contributed by atoms with Gasteiger partial charge in [-0.25, -0.2) is 0 Å². The van der Waals surface area contributed by atoms with E-state index in [0.29, 0.717) is 15.9 Å². The maximum atomic E-state index is 11.8. The van der Waals surface area contributed by atoms with E-state index in [2.05, 4.69) is 15.5 Å². The molecular weight excluding hydrogens is 256 g/mol. The number of hydrogen-bond acceptors (Lipinski definition) is 7. The second-order valence-corrected chi connectivity index (χ2v) is 4.64. The number of nitrogens with one attached hydrogen (secondary N) is 1. The van der Waals surface area contributed by atoms with Crippen LogP contribution in [0.15, 0.2) is 16.5 Å². The quantitative estimate of drug-likeness (QED) is 0.752. The lowest BCUT2D eigenvalue weighted by Crippen LogP contribution is -2.26. The molecule has 0 fully saturated rings. The Hall–Kier alpha value is -1.93. The highest BCUT2D eigenvalue weighted by Crippen LogP contribution is 2.19. The van der Waals surface area contributed by atoms with Gasteiger partial charge in [-0.1, -0.05) is 11.3 Å². The van der Waals surface area contributed by atoms with Crippen molar-refractivity contribution in [1.82, 2.24) is 15.5 Å². The molecule has 4 N–H and O–H groups in total.